The number of aryl methyl sites for hydroxylation is 2. The zero-order valence-corrected chi connectivity index (χ0v) is 24.4. The molecule has 0 unspecified atom stereocenters. The van der Waals surface area contributed by atoms with E-state index in [0.29, 0.717) is 11.5 Å². The third-order valence-electron chi connectivity index (χ3n) is 7.01. The van der Waals surface area contributed by atoms with Crippen LogP contribution < -0.4 is 0 Å². The number of rotatable bonds is 18. The monoisotopic (exact) mass is 574 g/mol. The topological polar surface area (TPSA) is 156 Å². The molecule has 0 spiro atoms. The first-order valence-electron chi connectivity index (χ1n) is 15.2. The van der Waals surface area contributed by atoms with Crippen LogP contribution >= 0.6 is 0 Å². The van der Waals surface area contributed by atoms with Gasteiger partial charge in [0.05, 0.1) is 0 Å². The van der Waals surface area contributed by atoms with Gasteiger partial charge in [-0.2, -0.15) is 0 Å². The van der Waals surface area contributed by atoms with E-state index in [1.165, 1.54) is 64.2 Å². The lowest BCUT2D eigenvalue weighted by Gasteiger charge is -1.99. The van der Waals surface area contributed by atoms with E-state index in [0.717, 1.165) is 37.2 Å². The number of aromatic nitrogens is 8. The van der Waals surface area contributed by atoms with E-state index in [2.05, 4.69) is 54.6 Å². The van der Waals surface area contributed by atoms with Gasteiger partial charge in [-0.3, -0.25) is 0 Å². The highest BCUT2D eigenvalue weighted by molar-refractivity contribution is 5.50. The Morgan fingerprint density at radius 2 is 0.786 bits per heavy atom. The van der Waals surface area contributed by atoms with Crippen molar-refractivity contribution in [3.8, 4) is 46.7 Å². The van der Waals surface area contributed by atoms with Gasteiger partial charge in [0.1, 0.15) is 11.5 Å². The molecule has 12 heteroatoms. The minimum atomic E-state index is 0.0708. The van der Waals surface area contributed by atoms with Crippen molar-refractivity contribution in [1.82, 2.24) is 40.8 Å². The maximum absolute atomic E-state index is 5.90. The molecule has 12 nitrogen and oxygen atoms in total. The first-order valence-corrected chi connectivity index (χ1v) is 15.2. The Morgan fingerprint density at radius 1 is 0.405 bits per heavy atom. The van der Waals surface area contributed by atoms with Gasteiger partial charge in [-0.1, -0.05) is 78.1 Å². The molecule has 0 fully saturated rings. The molecule has 0 aliphatic carbocycles. The second-order valence-corrected chi connectivity index (χ2v) is 10.4. The highest BCUT2D eigenvalue weighted by Crippen LogP contribution is 2.26. The van der Waals surface area contributed by atoms with Crippen LogP contribution in [0.2, 0.25) is 0 Å². The Balaban J connectivity index is 1.13. The number of hydrogen-bond acceptors (Lipinski definition) is 12. The lowest BCUT2D eigenvalue weighted by Crippen LogP contribution is -1.99. The first-order chi connectivity index (χ1) is 20.7. The van der Waals surface area contributed by atoms with E-state index >= 15 is 0 Å². The summed E-state index contributed by atoms with van der Waals surface area (Å²) in [5, 5.41) is 32.4. The van der Waals surface area contributed by atoms with Crippen molar-refractivity contribution in [3.63, 3.8) is 0 Å². The largest absolute Gasteiger partial charge is 0.456 e. The summed E-state index contributed by atoms with van der Waals surface area (Å²) in [6, 6.07) is 7.54. The lowest BCUT2D eigenvalue weighted by molar-refractivity contribution is 0.477. The summed E-state index contributed by atoms with van der Waals surface area (Å²) in [5.74, 6) is 3.56. The van der Waals surface area contributed by atoms with Crippen LogP contribution in [-0.4, -0.2) is 40.8 Å². The second-order valence-electron chi connectivity index (χ2n) is 10.4. The molecule has 0 saturated heterocycles. The van der Waals surface area contributed by atoms with Crippen LogP contribution in [-0.2, 0) is 12.8 Å². The molecule has 5 aromatic heterocycles. The smallest absolute Gasteiger partial charge is 0.289 e. The summed E-state index contributed by atoms with van der Waals surface area (Å²) >= 11 is 0. The van der Waals surface area contributed by atoms with Gasteiger partial charge in [0.25, 0.3) is 35.2 Å². The number of nitrogens with zero attached hydrogens (tertiary/aromatic N) is 8. The van der Waals surface area contributed by atoms with Crippen LogP contribution in [0.15, 0.2) is 41.9 Å². The van der Waals surface area contributed by atoms with E-state index in [4.69, 9.17) is 17.7 Å². The molecule has 222 valence electrons. The Labute approximate surface area is 244 Å². The fraction of sp³-hybridized carbons (Fsp3) is 0.533. The van der Waals surface area contributed by atoms with Gasteiger partial charge in [0.15, 0.2) is 11.5 Å². The summed E-state index contributed by atoms with van der Waals surface area (Å²) < 4.78 is 23.2. The lowest BCUT2D eigenvalue weighted by atomic mass is 10.1. The van der Waals surface area contributed by atoms with E-state index in [9.17, 15) is 0 Å². The van der Waals surface area contributed by atoms with Crippen molar-refractivity contribution >= 4 is 0 Å². The molecule has 0 aliphatic rings. The highest BCUT2D eigenvalue weighted by Gasteiger charge is 2.20. The Morgan fingerprint density at radius 3 is 1.21 bits per heavy atom. The molecule has 0 saturated carbocycles. The van der Waals surface area contributed by atoms with E-state index in [1.54, 1.807) is 0 Å². The van der Waals surface area contributed by atoms with Gasteiger partial charge in [0, 0.05) is 12.8 Å². The number of unbranched alkanes of at least 4 members (excludes halogenated alkanes) is 10. The summed E-state index contributed by atoms with van der Waals surface area (Å²) in [7, 11) is 0. The van der Waals surface area contributed by atoms with Crippen molar-refractivity contribution in [2.24, 2.45) is 0 Å². The van der Waals surface area contributed by atoms with Crippen LogP contribution in [0, 0.1) is 0 Å². The van der Waals surface area contributed by atoms with Crippen LogP contribution in [0.3, 0.4) is 0 Å². The Kier molecular flexibility index (Phi) is 10.5. The van der Waals surface area contributed by atoms with Gasteiger partial charge >= 0.3 is 0 Å². The zero-order chi connectivity index (χ0) is 29.0. The molecule has 0 aliphatic heterocycles. The standard InChI is InChI=1S/C30H38N8O4/c1-3-5-7-9-11-13-15-21-17-19-23(39-21)27-35-37-29(41-27)25-31-33-26(34-32-25)30-38-36-28(42-30)24-20-18-22(40-24)16-14-12-10-8-6-4-2/h17-20H,3-16H2,1-2H3. The third-order valence-corrected chi connectivity index (χ3v) is 7.01. The van der Waals surface area contributed by atoms with E-state index in [-0.39, 0.29) is 35.2 Å². The van der Waals surface area contributed by atoms with Crippen molar-refractivity contribution in [2.45, 2.75) is 104 Å². The van der Waals surface area contributed by atoms with Crippen LogP contribution in [0.1, 0.15) is 102 Å². The molecule has 42 heavy (non-hydrogen) atoms. The summed E-state index contributed by atoms with van der Waals surface area (Å²) in [6.07, 6.45) is 16.5. The highest BCUT2D eigenvalue weighted by atomic mass is 16.4. The Bertz CT molecular complexity index is 1380. The molecule has 0 N–H and O–H groups in total. The molecule has 0 amide bonds. The van der Waals surface area contributed by atoms with Crippen molar-refractivity contribution in [3.05, 3.63) is 35.8 Å². The minimum Gasteiger partial charge on any atom is -0.456 e. The average molecular weight is 575 g/mol. The average Bonchev–Trinajstić information content (AvgIpc) is 3.84. The molecular formula is C30H38N8O4. The predicted molar refractivity (Wildman–Crippen MR) is 154 cm³/mol. The van der Waals surface area contributed by atoms with Crippen LogP contribution in [0.5, 0.6) is 0 Å². The molecule has 5 heterocycles. The van der Waals surface area contributed by atoms with Crippen molar-refractivity contribution in [2.75, 3.05) is 0 Å². The van der Waals surface area contributed by atoms with Gasteiger partial charge in [-0.15, -0.1) is 40.8 Å². The molecule has 0 bridgehead atoms. The fourth-order valence-corrected chi connectivity index (χ4v) is 4.64. The summed E-state index contributed by atoms with van der Waals surface area (Å²) in [6.45, 7) is 4.45. The molecule has 5 aromatic rings. The summed E-state index contributed by atoms with van der Waals surface area (Å²) in [4.78, 5) is 0. The molecule has 0 atom stereocenters. The fourth-order valence-electron chi connectivity index (χ4n) is 4.64. The summed E-state index contributed by atoms with van der Waals surface area (Å²) in [5.41, 5.74) is 0. The van der Waals surface area contributed by atoms with Crippen molar-refractivity contribution < 1.29 is 17.7 Å². The molecule has 0 aromatic carbocycles. The van der Waals surface area contributed by atoms with E-state index in [1.807, 2.05) is 24.3 Å². The zero-order valence-electron chi connectivity index (χ0n) is 24.4. The van der Waals surface area contributed by atoms with Gasteiger partial charge < -0.3 is 17.7 Å². The predicted octanol–water partition coefficient (Wildman–Crippen LogP) is 7.69. The maximum atomic E-state index is 5.90. The quantitative estimate of drug-likeness (QED) is 0.0941. The Hall–Kier alpha value is -4.22. The van der Waals surface area contributed by atoms with Crippen LogP contribution in [0.4, 0.5) is 0 Å². The first kappa shape index (κ1) is 29.3. The second kappa shape index (κ2) is 15.1. The number of hydrogen-bond donors (Lipinski definition) is 0. The van der Waals surface area contributed by atoms with E-state index < -0.39 is 0 Å². The third kappa shape index (κ3) is 7.95. The normalized spacial score (nSPS) is 11.5. The van der Waals surface area contributed by atoms with Crippen LogP contribution in [0.25, 0.3) is 46.7 Å². The van der Waals surface area contributed by atoms with Gasteiger partial charge in [-0.25, -0.2) is 0 Å². The van der Waals surface area contributed by atoms with Gasteiger partial charge in [-0.05, 0) is 37.1 Å². The minimum absolute atomic E-state index is 0.0708. The SMILES string of the molecule is CCCCCCCCc1ccc(-c2nnc(-c3nnc(-c4nnc(-c5ccc(CCCCCCCC)o5)o4)nn3)o2)o1. The molecular weight excluding hydrogens is 536 g/mol. The molecule has 5 rings (SSSR count). The molecule has 0 radical (unpaired) electrons. The maximum Gasteiger partial charge on any atom is 0.289 e. The van der Waals surface area contributed by atoms with Crippen molar-refractivity contribution in [1.29, 1.82) is 0 Å². The van der Waals surface area contributed by atoms with Gasteiger partial charge in [0.2, 0.25) is 0 Å². The number of furan rings is 2.